The molecule has 1 saturated heterocycles. The van der Waals surface area contributed by atoms with Crippen LogP contribution in [0.1, 0.15) is 30.2 Å². The fourth-order valence-electron chi connectivity index (χ4n) is 4.13. The van der Waals surface area contributed by atoms with Gasteiger partial charge in [-0.2, -0.15) is 0 Å². The van der Waals surface area contributed by atoms with E-state index in [1.165, 1.54) is 6.39 Å². The number of carbonyl (C=O) groups excluding carboxylic acids is 2. The van der Waals surface area contributed by atoms with E-state index in [0.717, 1.165) is 27.9 Å². The molecule has 7 heteroatoms. The van der Waals surface area contributed by atoms with Crippen molar-refractivity contribution in [1.82, 2.24) is 15.2 Å². The molecule has 3 heterocycles. The van der Waals surface area contributed by atoms with Crippen molar-refractivity contribution in [1.29, 1.82) is 0 Å². The van der Waals surface area contributed by atoms with Gasteiger partial charge in [0.2, 0.25) is 11.8 Å². The van der Waals surface area contributed by atoms with E-state index in [0.29, 0.717) is 18.7 Å². The highest BCUT2D eigenvalue weighted by molar-refractivity contribution is 6.00. The minimum Gasteiger partial charge on any atom is -0.443 e. The Morgan fingerprint density at radius 3 is 2.72 bits per heavy atom. The Balaban J connectivity index is 1.46. The molecule has 2 N–H and O–H groups in total. The van der Waals surface area contributed by atoms with Crippen LogP contribution in [0.3, 0.4) is 0 Å². The van der Waals surface area contributed by atoms with E-state index in [-0.39, 0.29) is 18.2 Å². The van der Waals surface area contributed by atoms with Crippen LogP contribution >= 0.6 is 0 Å². The molecule has 2 amide bonds. The van der Waals surface area contributed by atoms with Crippen LogP contribution in [0.5, 0.6) is 0 Å². The van der Waals surface area contributed by atoms with Crippen LogP contribution in [0.2, 0.25) is 0 Å². The first kappa shape index (κ1) is 17.8. The second-order valence-electron chi connectivity index (χ2n) is 7.32. The Bertz CT molecular complexity index is 1090. The summed E-state index contributed by atoms with van der Waals surface area (Å²) in [5.74, 6) is 0.0709. The molecule has 2 aliphatic rings. The molecular weight excluding hydrogens is 370 g/mol. The maximum atomic E-state index is 12.2. The molecule has 1 aromatic heterocycles. The Hall–Kier alpha value is -3.29. The summed E-state index contributed by atoms with van der Waals surface area (Å²) in [7, 11) is 0. The van der Waals surface area contributed by atoms with Crippen LogP contribution in [0.4, 0.5) is 0 Å². The van der Waals surface area contributed by atoms with Crippen LogP contribution in [0.15, 0.2) is 59.3 Å². The van der Waals surface area contributed by atoms with E-state index in [4.69, 9.17) is 4.42 Å². The predicted molar refractivity (Wildman–Crippen MR) is 104 cm³/mol. The van der Waals surface area contributed by atoms with Gasteiger partial charge < -0.3 is 9.52 Å². The SMILES string of the molecule is O=C1CCC(N2Cc3cc(-c4ncoc4-c4ccccc4)ccc3C2O)C(=O)N1. The first-order chi connectivity index (χ1) is 14.1. The standard InChI is InChI=1S/C22H19N3O4/c26-18-9-8-17(21(27)24-18)25-11-15-10-14(6-7-16(15)22(25)28)19-20(29-12-23-19)13-4-2-1-3-5-13/h1-7,10,12,17,22,28H,8-9,11H2,(H,24,26,27). The molecule has 1 fully saturated rings. The molecule has 2 aliphatic heterocycles. The van der Waals surface area contributed by atoms with E-state index in [1.807, 2.05) is 48.5 Å². The highest BCUT2D eigenvalue weighted by Crippen LogP contribution is 2.38. The number of hydrogen-bond donors (Lipinski definition) is 2. The summed E-state index contributed by atoms with van der Waals surface area (Å²) < 4.78 is 5.63. The molecule has 3 aromatic rings. The van der Waals surface area contributed by atoms with Crippen LogP contribution in [-0.4, -0.2) is 32.8 Å². The number of nitrogens with one attached hydrogen (secondary N) is 1. The number of aliphatic hydroxyl groups is 1. The number of fused-ring (bicyclic) bond motifs is 1. The summed E-state index contributed by atoms with van der Waals surface area (Å²) in [6.07, 6.45) is 1.23. The molecule has 5 rings (SSSR count). The average molecular weight is 389 g/mol. The van der Waals surface area contributed by atoms with Gasteiger partial charge in [-0.15, -0.1) is 0 Å². The smallest absolute Gasteiger partial charge is 0.244 e. The summed E-state index contributed by atoms with van der Waals surface area (Å²) in [4.78, 5) is 29.8. The van der Waals surface area contributed by atoms with Crippen molar-refractivity contribution in [3.05, 3.63) is 66.1 Å². The molecule has 0 saturated carbocycles. The molecule has 0 spiro atoms. The molecule has 0 bridgehead atoms. The number of benzene rings is 2. The Morgan fingerprint density at radius 2 is 1.93 bits per heavy atom. The van der Waals surface area contributed by atoms with Crippen LogP contribution in [0.25, 0.3) is 22.6 Å². The van der Waals surface area contributed by atoms with Gasteiger partial charge in [0.05, 0.1) is 6.04 Å². The zero-order valence-corrected chi connectivity index (χ0v) is 15.5. The summed E-state index contributed by atoms with van der Waals surface area (Å²) >= 11 is 0. The predicted octanol–water partition coefficient (Wildman–Crippen LogP) is 2.62. The summed E-state index contributed by atoms with van der Waals surface area (Å²) in [5.41, 5.74) is 4.25. The van der Waals surface area contributed by atoms with Crippen LogP contribution in [0, 0.1) is 0 Å². The van der Waals surface area contributed by atoms with Gasteiger partial charge in [0, 0.05) is 24.1 Å². The van der Waals surface area contributed by atoms with Gasteiger partial charge in [-0.3, -0.25) is 19.8 Å². The van der Waals surface area contributed by atoms with Gasteiger partial charge in [-0.1, -0.05) is 42.5 Å². The second kappa shape index (κ2) is 6.95. The van der Waals surface area contributed by atoms with Gasteiger partial charge in [0.15, 0.2) is 12.2 Å². The van der Waals surface area contributed by atoms with Gasteiger partial charge in [0.25, 0.3) is 0 Å². The minimum absolute atomic E-state index is 0.265. The quantitative estimate of drug-likeness (QED) is 0.669. The number of piperidine rings is 1. The van der Waals surface area contributed by atoms with E-state index in [2.05, 4.69) is 10.3 Å². The van der Waals surface area contributed by atoms with Crippen molar-refractivity contribution in [3.8, 4) is 22.6 Å². The van der Waals surface area contributed by atoms with Gasteiger partial charge in [-0.25, -0.2) is 4.98 Å². The zero-order chi connectivity index (χ0) is 20.0. The number of hydrogen-bond acceptors (Lipinski definition) is 6. The number of aromatic nitrogens is 1. The largest absolute Gasteiger partial charge is 0.443 e. The average Bonchev–Trinajstić information content (AvgIpc) is 3.34. The van der Waals surface area contributed by atoms with E-state index >= 15 is 0 Å². The van der Waals surface area contributed by atoms with E-state index in [1.54, 1.807) is 4.90 Å². The fraction of sp³-hybridized carbons (Fsp3) is 0.227. The number of aliphatic hydroxyl groups excluding tert-OH is 1. The third kappa shape index (κ3) is 3.04. The van der Waals surface area contributed by atoms with Crippen molar-refractivity contribution in [2.24, 2.45) is 0 Å². The second-order valence-corrected chi connectivity index (χ2v) is 7.32. The van der Waals surface area contributed by atoms with E-state index in [9.17, 15) is 14.7 Å². The molecule has 2 atom stereocenters. The van der Waals surface area contributed by atoms with Crippen molar-refractivity contribution >= 4 is 11.8 Å². The summed E-state index contributed by atoms with van der Waals surface area (Å²) in [5, 5.41) is 13.1. The molecule has 0 aliphatic carbocycles. The van der Waals surface area contributed by atoms with Crippen molar-refractivity contribution in [2.75, 3.05) is 0 Å². The van der Waals surface area contributed by atoms with Crippen molar-refractivity contribution in [2.45, 2.75) is 31.7 Å². The lowest BCUT2D eigenvalue weighted by Gasteiger charge is -2.31. The number of carbonyl (C=O) groups is 2. The lowest BCUT2D eigenvalue weighted by Crippen LogP contribution is -2.51. The fourth-order valence-corrected chi connectivity index (χ4v) is 4.13. The maximum absolute atomic E-state index is 12.2. The summed E-state index contributed by atoms with van der Waals surface area (Å²) in [6.45, 7) is 0.426. The number of imide groups is 1. The highest BCUT2D eigenvalue weighted by atomic mass is 16.3. The topological polar surface area (TPSA) is 95.7 Å². The number of amides is 2. The Labute approximate surface area is 167 Å². The molecule has 2 unspecified atom stereocenters. The maximum Gasteiger partial charge on any atom is 0.244 e. The van der Waals surface area contributed by atoms with Crippen LogP contribution < -0.4 is 5.32 Å². The molecule has 2 aromatic carbocycles. The first-order valence-electron chi connectivity index (χ1n) is 9.51. The molecule has 146 valence electrons. The highest BCUT2D eigenvalue weighted by Gasteiger charge is 2.39. The zero-order valence-electron chi connectivity index (χ0n) is 15.5. The Morgan fingerprint density at radius 1 is 1.10 bits per heavy atom. The van der Waals surface area contributed by atoms with Crippen molar-refractivity contribution < 1.29 is 19.1 Å². The van der Waals surface area contributed by atoms with Gasteiger partial charge in [0.1, 0.15) is 11.9 Å². The third-order valence-corrected chi connectivity index (χ3v) is 5.58. The lowest BCUT2D eigenvalue weighted by atomic mass is 10.0. The van der Waals surface area contributed by atoms with Gasteiger partial charge >= 0.3 is 0 Å². The monoisotopic (exact) mass is 389 g/mol. The van der Waals surface area contributed by atoms with Crippen molar-refractivity contribution in [3.63, 3.8) is 0 Å². The molecule has 7 nitrogen and oxygen atoms in total. The minimum atomic E-state index is -0.881. The molecule has 0 radical (unpaired) electrons. The van der Waals surface area contributed by atoms with Gasteiger partial charge in [-0.05, 0) is 23.6 Å². The first-order valence-corrected chi connectivity index (χ1v) is 9.51. The lowest BCUT2D eigenvalue weighted by molar-refractivity contribution is -0.141. The number of rotatable bonds is 3. The molecular formula is C22H19N3O4. The Kier molecular flexibility index (Phi) is 4.26. The number of nitrogens with zero attached hydrogens (tertiary/aromatic N) is 2. The third-order valence-electron chi connectivity index (χ3n) is 5.58. The van der Waals surface area contributed by atoms with Crippen LogP contribution in [-0.2, 0) is 16.1 Å². The normalized spacial score (nSPS) is 21.8. The van der Waals surface area contributed by atoms with E-state index < -0.39 is 12.3 Å². The number of oxazole rings is 1. The molecule has 29 heavy (non-hydrogen) atoms. The summed E-state index contributed by atoms with van der Waals surface area (Å²) in [6, 6.07) is 15.0.